The van der Waals surface area contributed by atoms with Gasteiger partial charge in [0.2, 0.25) is 5.91 Å². The Balaban J connectivity index is 1.26. The van der Waals surface area contributed by atoms with Crippen LogP contribution in [-0.4, -0.2) is 79.6 Å². The first-order valence-electron chi connectivity index (χ1n) is 13.5. The number of piperazine rings is 1. The van der Waals surface area contributed by atoms with Crippen molar-refractivity contribution in [2.24, 2.45) is 12.8 Å². The second kappa shape index (κ2) is 11.8. The van der Waals surface area contributed by atoms with E-state index >= 15 is 0 Å². The molecule has 11 nitrogen and oxygen atoms in total. The van der Waals surface area contributed by atoms with Crippen molar-refractivity contribution in [3.63, 3.8) is 0 Å². The smallest absolute Gasteiger partial charge is 0.339 e. The quantitative estimate of drug-likeness (QED) is 0.403. The van der Waals surface area contributed by atoms with E-state index in [1.54, 1.807) is 9.80 Å². The molecule has 2 aromatic heterocycles. The Bertz CT molecular complexity index is 1510. The maximum Gasteiger partial charge on any atom is 0.435 e. The molecule has 3 N–H and O–H groups in total. The van der Waals surface area contributed by atoms with E-state index in [-0.39, 0.29) is 51.2 Å². The first-order valence-corrected chi connectivity index (χ1v) is 13.9. The van der Waals surface area contributed by atoms with Crippen molar-refractivity contribution in [2.75, 3.05) is 38.0 Å². The predicted molar refractivity (Wildman–Crippen MR) is 148 cm³/mol. The molecule has 0 radical (unpaired) electrons. The van der Waals surface area contributed by atoms with Crippen molar-refractivity contribution < 1.29 is 27.6 Å². The fourth-order valence-corrected chi connectivity index (χ4v) is 5.14. The van der Waals surface area contributed by atoms with Crippen LogP contribution in [0.2, 0.25) is 5.02 Å². The van der Waals surface area contributed by atoms with Crippen molar-refractivity contribution in [2.45, 2.75) is 37.9 Å². The number of halogens is 4. The van der Waals surface area contributed by atoms with Crippen LogP contribution in [0.3, 0.4) is 0 Å². The van der Waals surface area contributed by atoms with Crippen molar-refractivity contribution in [1.29, 1.82) is 0 Å². The Morgan fingerprint density at radius 3 is 2.43 bits per heavy atom. The molecule has 5 rings (SSSR count). The maximum absolute atomic E-state index is 13.7. The van der Waals surface area contributed by atoms with Crippen molar-refractivity contribution in [1.82, 2.24) is 29.1 Å². The molecule has 42 heavy (non-hydrogen) atoms. The molecule has 2 fully saturated rings. The molecule has 1 aliphatic heterocycles. The van der Waals surface area contributed by atoms with Gasteiger partial charge in [-0.3, -0.25) is 19.1 Å². The zero-order valence-electron chi connectivity index (χ0n) is 22.8. The number of benzene rings is 1. The van der Waals surface area contributed by atoms with Gasteiger partial charge in [0, 0.05) is 51.5 Å². The van der Waals surface area contributed by atoms with Gasteiger partial charge in [-0.15, -0.1) is 0 Å². The van der Waals surface area contributed by atoms with Gasteiger partial charge in [-0.1, -0.05) is 11.6 Å². The normalized spacial score (nSPS) is 15.7. The molecular weight excluding hydrogens is 577 g/mol. The lowest BCUT2D eigenvalue weighted by Crippen LogP contribution is -2.50. The van der Waals surface area contributed by atoms with Gasteiger partial charge >= 0.3 is 6.18 Å². The molecule has 15 heteroatoms. The van der Waals surface area contributed by atoms with Gasteiger partial charge in [-0.2, -0.15) is 18.3 Å². The molecule has 1 saturated heterocycles. The highest BCUT2D eigenvalue weighted by atomic mass is 35.5. The molecule has 1 aliphatic carbocycles. The van der Waals surface area contributed by atoms with Crippen LogP contribution in [0, 0.1) is 0 Å². The van der Waals surface area contributed by atoms with Gasteiger partial charge < -0.3 is 25.4 Å². The molecule has 0 atom stereocenters. The summed E-state index contributed by atoms with van der Waals surface area (Å²) >= 11 is 6.41. The zero-order valence-corrected chi connectivity index (χ0v) is 23.6. The minimum absolute atomic E-state index is 0.0135. The van der Waals surface area contributed by atoms with Crippen molar-refractivity contribution in [3.8, 4) is 11.3 Å². The van der Waals surface area contributed by atoms with Gasteiger partial charge in [-0.05, 0) is 44.0 Å². The minimum atomic E-state index is -4.67. The topological polar surface area (TPSA) is 131 Å². The second-order valence-electron chi connectivity index (χ2n) is 10.3. The van der Waals surface area contributed by atoms with Crippen LogP contribution in [0.25, 0.3) is 11.3 Å². The van der Waals surface area contributed by atoms with E-state index in [9.17, 15) is 27.6 Å². The summed E-state index contributed by atoms with van der Waals surface area (Å²) in [5, 5.41) is 6.50. The van der Waals surface area contributed by atoms with Crippen molar-refractivity contribution >= 4 is 35.0 Å². The lowest BCUT2D eigenvalue weighted by Gasteiger charge is -2.35. The molecule has 0 spiro atoms. The summed E-state index contributed by atoms with van der Waals surface area (Å²) in [6, 6.07) is 4.36. The molecule has 3 heterocycles. The molecule has 0 bridgehead atoms. The molecule has 1 saturated carbocycles. The molecule has 0 unspecified atom stereocenters. The third-order valence-electron chi connectivity index (χ3n) is 7.36. The van der Waals surface area contributed by atoms with E-state index in [0.29, 0.717) is 45.6 Å². The molecule has 3 amide bonds. The van der Waals surface area contributed by atoms with E-state index in [0.717, 1.165) is 12.8 Å². The SMILES string of the molecule is Cn1c(-c2cn(C3CC3)nc2C(F)(F)F)cnc1C(=O)Nc1ccc(C(=O)N2CCN(C(=O)CCCN)CC2)c(Cl)c1. The van der Waals surface area contributed by atoms with Crippen LogP contribution in [0.5, 0.6) is 0 Å². The maximum atomic E-state index is 13.7. The van der Waals surface area contributed by atoms with Crippen LogP contribution in [0.15, 0.2) is 30.6 Å². The number of alkyl halides is 3. The number of nitrogens with zero attached hydrogens (tertiary/aromatic N) is 6. The summed E-state index contributed by atoms with van der Waals surface area (Å²) in [6.07, 6.45) is 0.390. The highest BCUT2D eigenvalue weighted by Crippen LogP contribution is 2.41. The molecule has 224 valence electrons. The lowest BCUT2D eigenvalue weighted by atomic mass is 10.1. The van der Waals surface area contributed by atoms with E-state index in [1.165, 1.54) is 46.9 Å². The average molecular weight is 607 g/mol. The Morgan fingerprint density at radius 1 is 1.12 bits per heavy atom. The number of nitrogens with one attached hydrogen (secondary N) is 1. The molecular formula is C27H30ClF3N8O3. The van der Waals surface area contributed by atoms with E-state index < -0.39 is 17.8 Å². The average Bonchev–Trinajstić information content (AvgIpc) is 3.58. The second-order valence-corrected chi connectivity index (χ2v) is 10.7. The predicted octanol–water partition coefficient (Wildman–Crippen LogP) is 3.57. The zero-order chi connectivity index (χ0) is 30.2. The standard InChI is InChI=1S/C27H30ClF3N8O3/c1-36-21(19-15-39(17-5-6-17)35-23(19)27(29,30)31)14-33-24(36)25(41)34-16-4-7-18(20(28)13-16)26(42)38-11-9-37(10-12-38)22(40)3-2-8-32/h4,7,13-15,17H,2-3,5-6,8-12,32H2,1H3,(H,34,41). The third kappa shape index (κ3) is 6.14. The highest BCUT2D eigenvalue weighted by Gasteiger charge is 2.40. The first-order chi connectivity index (χ1) is 20.0. The fourth-order valence-electron chi connectivity index (χ4n) is 4.88. The first kappa shape index (κ1) is 29.6. The Morgan fingerprint density at radius 2 is 1.81 bits per heavy atom. The molecule has 3 aromatic rings. The monoisotopic (exact) mass is 606 g/mol. The van der Waals surface area contributed by atoms with Crippen molar-refractivity contribution in [3.05, 3.63) is 52.7 Å². The Kier molecular flexibility index (Phi) is 8.28. The summed E-state index contributed by atoms with van der Waals surface area (Å²) in [4.78, 5) is 45.7. The summed E-state index contributed by atoms with van der Waals surface area (Å²) < 4.78 is 43.7. The number of amides is 3. The summed E-state index contributed by atoms with van der Waals surface area (Å²) in [5.74, 6) is -1.07. The number of nitrogens with two attached hydrogens (primary N) is 1. The van der Waals surface area contributed by atoms with Gasteiger partial charge in [-0.25, -0.2) is 4.98 Å². The van der Waals surface area contributed by atoms with E-state index in [4.69, 9.17) is 17.3 Å². The van der Waals surface area contributed by atoms with E-state index in [1.807, 2.05) is 0 Å². The Hall–Kier alpha value is -3.91. The highest BCUT2D eigenvalue weighted by molar-refractivity contribution is 6.34. The number of rotatable bonds is 8. The van der Waals surface area contributed by atoms with Gasteiger partial charge in [0.25, 0.3) is 11.8 Å². The largest absolute Gasteiger partial charge is 0.435 e. The fraction of sp³-hybridized carbons (Fsp3) is 0.444. The van der Waals surface area contributed by atoms with E-state index in [2.05, 4.69) is 15.4 Å². The number of carbonyl (C=O) groups is 3. The lowest BCUT2D eigenvalue weighted by molar-refractivity contribution is -0.141. The Labute approximate surface area is 244 Å². The molecule has 2 aliphatic rings. The van der Waals surface area contributed by atoms with Gasteiger partial charge in [0.15, 0.2) is 11.5 Å². The van der Waals surface area contributed by atoms with Crippen LogP contribution in [0.1, 0.15) is 58.4 Å². The number of anilines is 1. The minimum Gasteiger partial charge on any atom is -0.339 e. The number of hydrogen-bond acceptors (Lipinski definition) is 6. The van der Waals surface area contributed by atoms with Crippen LogP contribution in [0.4, 0.5) is 18.9 Å². The van der Waals surface area contributed by atoms with Gasteiger partial charge in [0.05, 0.1) is 34.1 Å². The number of aromatic nitrogens is 4. The summed E-state index contributed by atoms with van der Waals surface area (Å²) in [5.41, 5.74) is 4.90. The van der Waals surface area contributed by atoms with Crippen LogP contribution < -0.4 is 11.1 Å². The van der Waals surface area contributed by atoms with Crippen LogP contribution >= 0.6 is 11.6 Å². The van der Waals surface area contributed by atoms with Crippen LogP contribution in [-0.2, 0) is 18.0 Å². The number of imidazole rings is 1. The summed E-state index contributed by atoms with van der Waals surface area (Å²) in [7, 11) is 1.45. The number of carbonyl (C=O) groups excluding carboxylic acids is 3. The summed E-state index contributed by atoms with van der Waals surface area (Å²) in [6.45, 7) is 1.99. The third-order valence-corrected chi connectivity index (χ3v) is 7.67. The molecule has 1 aromatic carbocycles. The van der Waals surface area contributed by atoms with Gasteiger partial charge in [0.1, 0.15) is 0 Å². The number of hydrogen-bond donors (Lipinski definition) is 2.